The fourth-order valence-electron chi connectivity index (χ4n) is 5.84. The zero-order chi connectivity index (χ0) is 27.3. The molecule has 2 aliphatic carbocycles. The Labute approximate surface area is 227 Å². The monoisotopic (exact) mass is 546 g/mol. The van der Waals surface area contributed by atoms with Crippen LogP contribution in [-0.4, -0.2) is 98.9 Å². The summed E-state index contributed by atoms with van der Waals surface area (Å²) in [5.74, 6) is -0.933. The van der Waals surface area contributed by atoms with Gasteiger partial charge in [-0.25, -0.2) is 4.79 Å². The van der Waals surface area contributed by atoms with E-state index in [0.717, 1.165) is 57.8 Å². The molecule has 4 atom stereocenters. The highest BCUT2D eigenvalue weighted by molar-refractivity contribution is 5.70. The van der Waals surface area contributed by atoms with Gasteiger partial charge in [-0.15, -0.1) is 0 Å². The van der Waals surface area contributed by atoms with E-state index in [1.54, 1.807) is 14.0 Å². The first-order valence-corrected chi connectivity index (χ1v) is 14.5. The highest BCUT2D eigenvalue weighted by atomic mass is 16.7. The van der Waals surface area contributed by atoms with E-state index in [2.05, 4.69) is 0 Å². The zero-order valence-electron chi connectivity index (χ0n) is 23.4. The second-order valence-electron chi connectivity index (χ2n) is 11.1. The first-order chi connectivity index (χ1) is 18.3. The third-order valence-corrected chi connectivity index (χ3v) is 7.72. The van der Waals surface area contributed by atoms with Crippen LogP contribution in [0.15, 0.2) is 0 Å². The predicted molar refractivity (Wildman–Crippen MR) is 138 cm³/mol. The van der Waals surface area contributed by atoms with Crippen LogP contribution < -0.4 is 0 Å². The maximum absolute atomic E-state index is 11.7. The van der Waals surface area contributed by atoms with Crippen LogP contribution >= 0.6 is 0 Å². The van der Waals surface area contributed by atoms with Crippen molar-refractivity contribution in [3.05, 3.63) is 0 Å². The molecular weight excluding hydrogens is 496 g/mol. The molecule has 0 aromatic rings. The van der Waals surface area contributed by atoms with Crippen LogP contribution in [0.2, 0.25) is 0 Å². The molecule has 0 aromatic carbocycles. The van der Waals surface area contributed by atoms with Gasteiger partial charge in [-0.2, -0.15) is 0 Å². The Kier molecular flexibility index (Phi) is 13.7. The Morgan fingerprint density at radius 1 is 1.00 bits per heavy atom. The highest BCUT2D eigenvalue weighted by Crippen LogP contribution is 2.39. The van der Waals surface area contributed by atoms with Crippen LogP contribution in [0.1, 0.15) is 90.4 Å². The largest absolute Gasteiger partial charge is 0.462 e. The quantitative estimate of drug-likeness (QED) is 0.160. The third kappa shape index (κ3) is 11.3. The molecule has 10 heteroatoms. The summed E-state index contributed by atoms with van der Waals surface area (Å²) in [6, 6.07) is 0. The summed E-state index contributed by atoms with van der Waals surface area (Å²) in [5.41, 5.74) is -0.805. The third-order valence-electron chi connectivity index (χ3n) is 7.72. The predicted octanol–water partition coefficient (Wildman–Crippen LogP) is 3.24. The lowest BCUT2D eigenvalue weighted by atomic mass is 9.80. The molecule has 3 aliphatic rings. The number of hydrogen-bond donors (Lipinski definition) is 2. The lowest BCUT2D eigenvalue weighted by Gasteiger charge is -2.35. The van der Waals surface area contributed by atoms with Crippen LogP contribution in [0.4, 0.5) is 0 Å². The van der Waals surface area contributed by atoms with Crippen molar-refractivity contribution in [1.82, 2.24) is 0 Å². The average Bonchev–Trinajstić information content (AvgIpc) is 3.26. The Morgan fingerprint density at radius 2 is 1.71 bits per heavy atom. The summed E-state index contributed by atoms with van der Waals surface area (Å²) in [5, 5.41) is 21.8. The number of esters is 1. The van der Waals surface area contributed by atoms with Crippen molar-refractivity contribution in [2.75, 3.05) is 46.8 Å². The average molecular weight is 547 g/mol. The zero-order valence-corrected chi connectivity index (χ0v) is 23.4. The van der Waals surface area contributed by atoms with Crippen molar-refractivity contribution in [3.8, 4) is 0 Å². The van der Waals surface area contributed by atoms with E-state index in [-0.39, 0.29) is 32.0 Å². The molecular formula is C28H50O10. The smallest absolute Gasteiger partial charge is 0.332 e. The molecule has 0 bridgehead atoms. The molecule has 2 N–H and O–H groups in total. The summed E-state index contributed by atoms with van der Waals surface area (Å²) < 4.78 is 39.5. The fourth-order valence-corrected chi connectivity index (χ4v) is 5.84. The van der Waals surface area contributed by atoms with Gasteiger partial charge in [0.25, 0.3) is 0 Å². The van der Waals surface area contributed by atoms with E-state index < -0.39 is 29.8 Å². The van der Waals surface area contributed by atoms with Crippen molar-refractivity contribution in [2.45, 2.75) is 126 Å². The van der Waals surface area contributed by atoms with Gasteiger partial charge >= 0.3 is 5.97 Å². The number of carbonyl (C=O) groups excluding carboxylic acids is 1. The van der Waals surface area contributed by atoms with E-state index in [0.29, 0.717) is 39.1 Å². The molecule has 10 nitrogen and oxygen atoms in total. The minimum absolute atomic E-state index is 0.0859. The Hall–Kier alpha value is -0.850. The molecule has 3 rings (SSSR count). The van der Waals surface area contributed by atoms with E-state index in [1.807, 2.05) is 0 Å². The first kappa shape index (κ1) is 31.7. The van der Waals surface area contributed by atoms with E-state index in [4.69, 9.17) is 33.2 Å². The van der Waals surface area contributed by atoms with Crippen LogP contribution in [0.3, 0.4) is 0 Å². The topological polar surface area (TPSA) is 122 Å². The molecule has 1 saturated heterocycles. The summed E-state index contributed by atoms with van der Waals surface area (Å²) >= 11 is 0. The van der Waals surface area contributed by atoms with Crippen molar-refractivity contribution < 1.29 is 48.2 Å². The number of aliphatic hydroxyl groups excluding tert-OH is 1. The minimum Gasteiger partial charge on any atom is -0.462 e. The minimum atomic E-state index is -0.805. The second kappa shape index (κ2) is 16.4. The lowest BCUT2D eigenvalue weighted by molar-refractivity contribution is -0.201. The molecule has 2 saturated carbocycles. The van der Waals surface area contributed by atoms with Gasteiger partial charge in [-0.1, -0.05) is 25.7 Å². The number of rotatable bonds is 17. The summed E-state index contributed by atoms with van der Waals surface area (Å²) in [6.07, 6.45) is 9.41. The second-order valence-corrected chi connectivity index (χ2v) is 11.1. The molecule has 0 aromatic heterocycles. The van der Waals surface area contributed by atoms with Gasteiger partial charge in [-0.05, 0) is 39.0 Å². The molecule has 1 aliphatic heterocycles. The Morgan fingerprint density at radius 3 is 2.42 bits per heavy atom. The summed E-state index contributed by atoms with van der Waals surface area (Å²) in [6.45, 7) is 3.17. The van der Waals surface area contributed by atoms with Crippen molar-refractivity contribution in [1.29, 1.82) is 0 Å². The SMILES string of the molecule is COCCOCC(=O)OCCOC(C)OC(CC(O)CC1(O)CCCCC1)CC1COC2(CCCCC2)O1. The highest BCUT2D eigenvalue weighted by Gasteiger charge is 2.43. The van der Waals surface area contributed by atoms with Crippen molar-refractivity contribution >= 4 is 5.97 Å². The van der Waals surface area contributed by atoms with Gasteiger partial charge in [0, 0.05) is 32.8 Å². The Balaban J connectivity index is 1.45. The standard InChI is InChI=1S/C28H50O10/c1-22(34-15-16-35-26(30)21-33-14-13-32-2)37-24(17-23(29)19-27(31)9-5-3-6-10-27)18-25-20-36-28(38-25)11-7-4-8-12-28/h22-25,29,31H,3-21H2,1-2H3. The van der Waals surface area contributed by atoms with Crippen molar-refractivity contribution in [3.63, 3.8) is 0 Å². The molecule has 1 heterocycles. The number of methoxy groups -OCH3 is 1. The molecule has 0 amide bonds. The van der Waals surface area contributed by atoms with Gasteiger partial charge in [-0.3, -0.25) is 0 Å². The van der Waals surface area contributed by atoms with Crippen molar-refractivity contribution in [2.24, 2.45) is 0 Å². The van der Waals surface area contributed by atoms with E-state index in [1.165, 1.54) is 6.42 Å². The normalized spacial score (nSPS) is 25.2. The number of carbonyl (C=O) groups is 1. The van der Waals surface area contributed by atoms with Gasteiger partial charge in [0.15, 0.2) is 12.1 Å². The van der Waals surface area contributed by atoms with E-state index in [9.17, 15) is 15.0 Å². The molecule has 0 radical (unpaired) electrons. The Bertz CT molecular complexity index is 662. The van der Waals surface area contributed by atoms with Gasteiger partial charge in [0.2, 0.25) is 0 Å². The van der Waals surface area contributed by atoms with Crippen LogP contribution in [-0.2, 0) is 38.0 Å². The summed E-state index contributed by atoms with van der Waals surface area (Å²) in [4.78, 5) is 11.7. The number of hydrogen-bond acceptors (Lipinski definition) is 10. The maximum Gasteiger partial charge on any atom is 0.332 e. The first-order valence-electron chi connectivity index (χ1n) is 14.5. The number of ether oxygens (including phenoxy) is 7. The molecule has 38 heavy (non-hydrogen) atoms. The van der Waals surface area contributed by atoms with E-state index >= 15 is 0 Å². The van der Waals surface area contributed by atoms with Gasteiger partial charge < -0.3 is 43.4 Å². The van der Waals surface area contributed by atoms with Gasteiger partial charge in [0.05, 0.1) is 50.3 Å². The van der Waals surface area contributed by atoms with Crippen LogP contribution in [0.5, 0.6) is 0 Å². The lowest BCUT2D eigenvalue weighted by Crippen LogP contribution is -2.38. The molecule has 222 valence electrons. The fraction of sp³-hybridized carbons (Fsp3) is 0.964. The maximum atomic E-state index is 11.7. The van der Waals surface area contributed by atoms with Crippen LogP contribution in [0.25, 0.3) is 0 Å². The molecule has 3 fully saturated rings. The number of aliphatic hydroxyl groups is 2. The molecule has 4 unspecified atom stereocenters. The molecule has 1 spiro atoms. The van der Waals surface area contributed by atoms with Crippen LogP contribution in [0, 0.1) is 0 Å². The summed E-state index contributed by atoms with van der Waals surface area (Å²) in [7, 11) is 1.56. The van der Waals surface area contributed by atoms with Gasteiger partial charge in [0.1, 0.15) is 13.2 Å².